The van der Waals surface area contributed by atoms with Crippen LogP contribution >= 0.6 is 15.9 Å². The average Bonchev–Trinajstić information content (AvgIpc) is 2.17. The van der Waals surface area contributed by atoms with Crippen LogP contribution in [0.15, 0.2) is 40.9 Å². The van der Waals surface area contributed by atoms with Gasteiger partial charge in [-0.05, 0) is 34.5 Å². The van der Waals surface area contributed by atoms with E-state index in [0.29, 0.717) is 0 Å². The predicted octanol–water partition coefficient (Wildman–Crippen LogP) is 3.53. The number of hydrogen-bond donors (Lipinski definition) is 0. The van der Waals surface area contributed by atoms with Crippen LogP contribution < -0.4 is 0 Å². The van der Waals surface area contributed by atoms with E-state index in [0.717, 1.165) is 20.8 Å². The molecule has 0 atom stereocenters. The summed E-state index contributed by atoms with van der Waals surface area (Å²) in [4.78, 5) is 0. The van der Waals surface area contributed by atoms with E-state index in [2.05, 4.69) is 15.9 Å². The van der Waals surface area contributed by atoms with Gasteiger partial charge in [0.05, 0.1) is 0 Å². The zero-order chi connectivity index (χ0) is 9.26. The van der Waals surface area contributed by atoms with Crippen LogP contribution in [0.2, 0.25) is 0 Å². The standard InChI is InChI=1S/C11H8BrO/c12-11-4-3-9-5-8(7-13)1-2-10(9)6-11/h1-6H,7H2. The first kappa shape index (κ1) is 8.73. The molecule has 0 unspecified atom stereocenters. The Kier molecular flexibility index (Phi) is 2.34. The Bertz CT molecular complexity index is 437. The number of rotatable bonds is 1. The van der Waals surface area contributed by atoms with E-state index in [1.807, 2.05) is 36.4 Å². The average molecular weight is 236 g/mol. The third-order valence-corrected chi connectivity index (χ3v) is 2.53. The summed E-state index contributed by atoms with van der Waals surface area (Å²) in [6.07, 6.45) is 0. The van der Waals surface area contributed by atoms with Crippen LogP contribution in [-0.4, -0.2) is 0 Å². The first-order valence-electron chi connectivity index (χ1n) is 4.06. The van der Waals surface area contributed by atoms with E-state index >= 15 is 0 Å². The molecule has 0 aliphatic rings. The van der Waals surface area contributed by atoms with Gasteiger partial charge in [-0.25, -0.2) is 5.11 Å². The third-order valence-electron chi connectivity index (χ3n) is 2.03. The summed E-state index contributed by atoms with van der Waals surface area (Å²) < 4.78 is 1.06. The van der Waals surface area contributed by atoms with Crippen molar-refractivity contribution in [2.24, 2.45) is 0 Å². The zero-order valence-corrected chi connectivity index (χ0v) is 8.54. The maximum absolute atomic E-state index is 10.6. The first-order chi connectivity index (χ1) is 6.29. The second kappa shape index (κ2) is 3.48. The van der Waals surface area contributed by atoms with Gasteiger partial charge in [-0.15, -0.1) is 0 Å². The van der Waals surface area contributed by atoms with Gasteiger partial charge in [-0.2, -0.15) is 0 Å². The minimum atomic E-state index is -0.147. The molecule has 0 aliphatic carbocycles. The first-order valence-corrected chi connectivity index (χ1v) is 4.85. The minimum Gasteiger partial charge on any atom is -0.232 e. The smallest absolute Gasteiger partial charge is 0.107 e. The van der Waals surface area contributed by atoms with Crippen molar-refractivity contribution in [2.75, 3.05) is 0 Å². The van der Waals surface area contributed by atoms with Crippen molar-refractivity contribution in [2.45, 2.75) is 6.61 Å². The third kappa shape index (κ3) is 1.74. The summed E-state index contributed by atoms with van der Waals surface area (Å²) in [7, 11) is 0. The van der Waals surface area contributed by atoms with Crippen LogP contribution in [0.25, 0.3) is 10.8 Å². The molecule has 0 heterocycles. The lowest BCUT2D eigenvalue weighted by Crippen LogP contribution is -1.81. The molecule has 65 valence electrons. The molecular weight excluding hydrogens is 228 g/mol. The Labute approximate surface area is 85.1 Å². The normalized spacial score (nSPS) is 10.6. The van der Waals surface area contributed by atoms with Crippen molar-refractivity contribution in [1.82, 2.24) is 0 Å². The zero-order valence-electron chi connectivity index (χ0n) is 6.96. The Morgan fingerprint density at radius 1 is 1.00 bits per heavy atom. The van der Waals surface area contributed by atoms with Gasteiger partial charge in [0.15, 0.2) is 0 Å². The summed E-state index contributed by atoms with van der Waals surface area (Å²) in [5, 5.41) is 12.9. The van der Waals surface area contributed by atoms with Gasteiger partial charge in [0.2, 0.25) is 0 Å². The summed E-state index contributed by atoms with van der Waals surface area (Å²) in [6.45, 7) is -0.147. The lowest BCUT2D eigenvalue weighted by Gasteiger charge is -2.00. The van der Waals surface area contributed by atoms with Gasteiger partial charge < -0.3 is 0 Å². The van der Waals surface area contributed by atoms with E-state index in [4.69, 9.17) is 0 Å². The summed E-state index contributed by atoms with van der Waals surface area (Å²) in [5.74, 6) is 0. The number of fused-ring (bicyclic) bond motifs is 1. The molecule has 0 aliphatic heterocycles. The van der Waals surface area contributed by atoms with Crippen LogP contribution in [0.5, 0.6) is 0 Å². The second-order valence-corrected chi connectivity index (χ2v) is 3.89. The Morgan fingerprint density at radius 2 is 1.69 bits per heavy atom. The fourth-order valence-electron chi connectivity index (χ4n) is 1.36. The maximum atomic E-state index is 10.6. The largest absolute Gasteiger partial charge is 0.232 e. The molecular formula is C11H8BrO. The molecule has 0 amide bonds. The maximum Gasteiger partial charge on any atom is 0.107 e. The highest BCUT2D eigenvalue weighted by molar-refractivity contribution is 9.10. The molecule has 1 radical (unpaired) electrons. The topological polar surface area (TPSA) is 19.9 Å². The molecule has 0 fully saturated rings. The van der Waals surface area contributed by atoms with Crippen LogP contribution in [0, 0.1) is 0 Å². The van der Waals surface area contributed by atoms with Gasteiger partial charge in [0, 0.05) is 4.47 Å². The quantitative estimate of drug-likeness (QED) is 0.721. The van der Waals surface area contributed by atoms with Crippen LogP contribution in [0.3, 0.4) is 0 Å². The molecule has 0 spiro atoms. The molecule has 13 heavy (non-hydrogen) atoms. The van der Waals surface area contributed by atoms with E-state index in [9.17, 15) is 5.11 Å². The summed E-state index contributed by atoms with van der Waals surface area (Å²) in [6, 6.07) is 11.8. The van der Waals surface area contributed by atoms with Crippen LogP contribution in [0.1, 0.15) is 5.56 Å². The molecule has 0 saturated carbocycles. The molecule has 1 nitrogen and oxygen atoms in total. The molecule has 2 rings (SSSR count). The van der Waals surface area contributed by atoms with Gasteiger partial charge in [-0.3, -0.25) is 0 Å². The highest BCUT2D eigenvalue weighted by atomic mass is 79.9. The highest BCUT2D eigenvalue weighted by Gasteiger charge is 1.96. The lowest BCUT2D eigenvalue weighted by molar-refractivity contribution is 0.177. The van der Waals surface area contributed by atoms with Gasteiger partial charge >= 0.3 is 0 Å². The second-order valence-electron chi connectivity index (χ2n) is 2.97. The monoisotopic (exact) mass is 235 g/mol. The molecule has 2 aromatic rings. The van der Waals surface area contributed by atoms with Crippen LogP contribution in [-0.2, 0) is 11.7 Å². The number of benzene rings is 2. The van der Waals surface area contributed by atoms with Crippen molar-refractivity contribution in [1.29, 1.82) is 0 Å². The Balaban J connectivity index is 2.66. The Morgan fingerprint density at radius 3 is 2.46 bits per heavy atom. The number of halogens is 1. The molecule has 0 bridgehead atoms. The van der Waals surface area contributed by atoms with E-state index < -0.39 is 0 Å². The van der Waals surface area contributed by atoms with Crippen molar-refractivity contribution in [3.05, 3.63) is 46.4 Å². The lowest BCUT2D eigenvalue weighted by atomic mass is 10.1. The van der Waals surface area contributed by atoms with Crippen LogP contribution in [0.4, 0.5) is 0 Å². The number of hydrogen-bond acceptors (Lipinski definition) is 0. The molecule has 2 aromatic carbocycles. The van der Waals surface area contributed by atoms with Gasteiger partial charge in [0.25, 0.3) is 0 Å². The minimum absolute atomic E-state index is 0.147. The molecule has 0 N–H and O–H groups in total. The van der Waals surface area contributed by atoms with E-state index in [1.54, 1.807) is 0 Å². The predicted molar refractivity (Wildman–Crippen MR) is 56.0 cm³/mol. The highest BCUT2D eigenvalue weighted by Crippen LogP contribution is 2.20. The van der Waals surface area contributed by atoms with Crippen molar-refractivity contribution < 1.29 is 5.11 Å². The van der Waals surface area contributed by atoms with E-state index in [-0.39, 0.29) is 6.61 Å². The fourth-order valence-corrected chi connectivity index (χ4v) is 1.73. The van der Waals surface area contributed by atoms with Crippen molar-refractivity contribution >= 4 is 26.7 Å². The summed E-state index contributed by atoms with van der Waals surface area (Å²) in [5.41, 5.74) is 0.842. The van der Waals surface area contributed by atoms with Crippen molar-refractivity contribution in [3.63, 3.8) is 0 Å². The van der Waals surface area contributed by atoms with Gasteiger partial charge in [-0.1, -0.05) is 34.1 Å². The van der Waals surface area contributed by atoms with Gasteiger partial charge in [0.1, 0.15) is 6.61 Å². The summed E-state index contributed by atoms with van der Waals surface area (Å²) >= 11 is 3.41. The molecule has 0 saturated heterocycles. The SMILES string of the molecule is [O]Cc1ccc2cc(Br)ccc2c1. The Hall–Kier alpha value is -0.860. The van der Waals surface area contributed by atoms with E-state index in [1.165, 1.54) is 0 Å². The fraction of sp³-hybridized carbons (Fsp3) is 0.0909. The molecule has 0 aromatic heterocycles. The molecule has 2 heteroatoms. The van der Waals surface area contributed by atoms with Crippen molar-refractivity contribution in [3.8, 4) is 0 Å².